The zero-order chi connectivity index (χ0) is 18.7. The molecule has 1 atom stereocenters. The Labute approximate surface area is 158 Å². The van der Waals surface area contributed by atoms with Gasteiger partial charge in [-0.15, -0.1) is 11.8 Å². The van der Waals surface area contributed by atoms with Gasteiger partial charge in [0.15, 0.2) is 0 Å². The molecule has 1 heterocycles. The minimum atomic E-state index is -0.606. The fourth-order valence-electron chi connectivity index (χ4n) is 2.53. The molecule has 0 spiro atoms. The van der Waals surface area contributed by atoms with Gasteiger partial charge in [-0.2, -0.15) is 0 Å². The summed E-state index contributed by atoms with van der Waals surface area (Å²) in [5, 5.41) is 1.88. The number of imide groups is 1. The Morgan fingerprint density at radius 3 is 2.65 bits per heavy atom. The molecular weight excluding hydrogens is 379 g/mol. The van der Waals surface area contributed by atoms with Crippen molar-refractivity contribution in [2.75, 3.05) is 16.0 Å². The highest BCUT2D eigenvalue weighted by Gasteiger charge is 2.39. The first-order valence-electron chi connectivity index (χ1n) is 7.74. The van der Waals surface area contributed by atoms with Crippen molar-refractivity contribution >= 4 is 52.5 Å². The SMILES string of the molecule is O=C(CS[C@H]1CC(=O)N(c2ccccc2)C1=O)Nc1ccc(F)c(Cl)c1. The maximum absolute atomic E-state index is 13.1. The average Bonchev–Trinajstić information content (AvgIpc) is 2.91. The van der Waals surface area contributed by atoms with Gasteiger partial charge < -0.3 is 5.32 Å². The van der Waals surface area contributed by atoms with E-state index in [-0.39, 0.29) is 34.9 Å². The van der Waals surface area contributed by atoms with Crippen LogP contribution in [0.5, 0.6) is 0 Å². The summed E-state index contributed by atoms with van der Waals surface area (Å²) >= 11 is 6.77. The smallest absolute Gasteiger partial charge is 0.247 e. The monoisotopic (exact) mass is 392 g/mol. The van der Waals surface area contributed by atoms with Gasteiger partial charge in [-0.1, -0.05) is 29.8 Å². The lowest BCUT2D eigenvalue weighted by atomic mass is 10.3. The fourth-order valence-corrected chi connectivity index (χ4v) is 3.64. The maximum atomic E-state index is 13.1. The number of halogens is 2. The largest absolute Gasteiger partial charge is 0.325 e. The van der Waals surface area contributed by atoms with Crippen molar-refractivity contribution in [3.05, 3.63) is 59.4 Å². The van der Waals surface area contributed by atoms with E-state index in [2.05, 4.69) is 5.32 Å². The number of nitrogens with zero attached hydrogens (tertiary/aromatic N) is 1. The van der Waals surface area contributed by atoms with Crippen LogP contribution in [0.4, 0.5) is 15.8 Å². The highest BCUT2D eigenvalue weighted by molar-refractivity contribution is 8.01. The summed E-state index contributed by atoms with van der Waals surface area (Å²) in [6, 6.07) is 12.5. The van der Waals surface area contributed by atoms with Crippen molar-refractivity contribution in [1.29, 1.82) is 0 Å². The second-order valence-corrected chi connectivity index (χ2v) is 7.18. The topological polar surface area (TPSA) is 66.5 Å². The summed E-state index contributed by atoms with van der Waals surface area (Å²) in [6.07, 6.45) is 0.0497. The van der Waals surface area contributed by atoms with Crippen LogP contribution in [-0.4, -0.2) is 28.7 Å². The number of carbonyl (C=O) groups excluding carboxylic acids is 3. The molecule has 1 aliphatic heterocycles. The number of amides is 3. The van der Waals surface area contributed by atoms with Crippen molar-refractivity contribution in [2.45, 2.75) is 11.7 Å². The Morgan fingerprint density at radius 2 is 1.96 bits per heavy atom. The summed E-state index contributed by atoms with van der Waals surface area (Å²) in [5.41, 5.74) is 0.887. The van der Waals surface area contributed by atoms with Crippen molar-refractivity contribution in [3.63, 3.8) is 0 Å². The van der Waals surface area contributed by atoms with Crippen molar-refractivity contribution in [3.8, 4) is 0 Å². The van der Waals surface area contributed by atoms with Crippen LogP contribution >= 0.6 is 23.4 Å². The van der Waals surface area contributed by atoms with Gasteiger partial charge in [0, 0.05) is 12.1 Å². The molecule has 0 saturated carbocycles. The van der Waals surface area contributed by atoms with Crippen LogP contribution in [0.25, 0.3) is 0 Å². The molecule has 3 rings (SSSR count). The highest BCUT2D eigenvalue weighted by Crippen LogP contribution is 2.29. The van der Waals surface area contributed by atoms with Gasteiger partial charge in [0.2, 0.25) is 17.7 Å². The van der Waals surface area contributed by atoms with Gasteiger partial charge in [0.25, 0.3) is 0 Å². The normalized spacial score (nSPS) is 16.8. The minimum absolute atomic E-state index is 0.0126. The zero-order valence-electron chi connectivity index (χ0n) is 13.4. The molecule has 0 unspecified atom stereocenters. The highest BCUT2D eigenvalue weighted by atomic mass is 35.5. The molecule has 1 fully saturated rings. The molecule has 0 bridgehead atoms. The van der Waals surface area contributed by atoms with E-state index < -0.39 is 11.1 Å². The minimum Gasteiger partial charge on any atom is -0.325 e. The summed E-state index contributed by atoms with van der Waals surface area (Å²) < 4.78 is 13.1. The number of carbonyl (C=O) groups is 3. The lowest BCUT2D eigenvalue weighted by Crippen LogP contribution is -2.31. The number of thioether (sulfide) groups is 1. The first-order chi connectivity index (χ1) is 12.5. The van der Waals surface area contributed by atoms with Gasteiger partial charge >= 0.3 is 0 Å². The van der Waals surface area contributed by atoms with E-state index in [1.165, 1.54) is 12.1 Å². The van der Waals surface area contributed by atoms with Crippen LogP contribution in [0.15, 0.2) is 48.5 Å². The molecule has 0 aliphatic carbocycles. The summed E-state index contributed by atoms with van der Waals surface area (Å²) in [7, 11) is 0. The third-order valence-electron chi connectivity index (χ3n) is 3.74. The maximum Gasteiger partial charge on any atom is 0.247 e. The Kier molecular flexibility index (Phi) is 5.58. The molecule has 26 heavy (non-hydrogen) atoms. The zero-order valence-corrected chi connectivity index (χ0v) is 15.0. The predicted molar refractivity (Wildman–Crippen MR) is 99.8 cm³/mol. The van der Waals surface area contributed by atoms with Crippen LogP contribution in [0.2, 0.25) is 5.02 Å². The van der Waals surface area contributed by atoms with Crippen molar-refractivity contribution in [1.82, 2.24) is 0 Å². The van der Waals surface area contributed by atoms with E-state index in [0.717, 1.165) is 22.7 Å². The quantitative estimate of drug-likeness (QED) is 0.791. The molecule has 8 heteroatoms. The first-order valence-corrected chi connectivity index (χ1v) is 9.17. The fraction of sp³-hybridized carbons (Fsp3) is 0.167. The number of para-hydroxylation sites is 1. The summed E-state index contributed by atoms with van der Waals surface area (Å²) in [4.78, 5) is 37.8. The van der Waals surface area contributed by atoms with Gasteiger partial charge in [-0.25, -0.2) is 9.29 Å². The second-order valence-electron chi connectivity index (χ2n) is 5.58. The van der Waals surface area contributed by atoms with Crippen LogP contribution in [0.1, 0.15) is 6.42 Å². The van der Waals surface area contributed by atoms with E-state index in [1.807, 2.05) is 0 Å². The van der Waals surface area contributed by atoms with Crippen molar-refractivity contribution in [2.24, 2.45) is 0 Å². The first kappa shape index (κ1) is 18.4. The molecule has 3 amide bonds. The Bertz CT molecular complexity index is 863. The van der Waals surface area contributed by atoms with Gasteiger partial charge in [-0.05, 0) is 30.3 Å². The summed E-state index contributed by atoms with van der Waals surface area (Å²) in [5.74, 6) is -1.57. The van der Waals surface area contributed by atoms with Crippen LogP contribution in [0, 0.1) is 5.82 Å². The van der Waals surface area contributed by atoms with Crippen molar-refractivity contribution < 1.29 is 18.8 Å². The standard InChI is InChI=1S/C18H14ClFN2O3S/c19-13-8-11(6-7-14(13)20)21-16(23)10-26-15-9-17(24)22(18(15)25)12-4-2-1-3-5-12/h1-8,15H,9-10H2,(H,21,23)/t15-/m0/s1. The van der Waals surface area contributed by atoms with Gasteiger partial charge in [0.05, 0.1) is 21.7 Å². The molecule has 2 aromatic rings. The molecule has 0 radical (unpaired) electrons. The van der Waals surface area contributed by atoms with E-state index >= 15 is 0 Å². The predicted octanol–water partition coefficient (Wildman–Crippen LogP) is 3.48. The third-order valence-corrected chi connectivity index (χ3v) is 5.23. The van der Waals surface area contributed by atoms with Gasteiger partial charge in [0.1, 0.15) is 5.82 Å². The lowest BCUT2D eigenvalue weighted by Gasteiger charge is -2.14. The lowest BCUT2D eigenvalue weighted by molar-refractivity contribution is -0.121. The average molecular weight is 393 g/mol. The number of anilines is 2. The number of hydrogen-bond acceptors (Lipinski definition) is 4. The molecule has 2 aromatic carbocycles. The number of rotatable bonds is 5. The molecule has 1 N–H and O–H groups in total. The third kappa shape index (κ3) is 4.05. The Balaban J connectivity index is 1.58. The molecular formula is C18H14ClFN2O3S. The number of benzene rings is 2. The molecule has 134 valence electrons. The molecule has 5 nitrogen and oxygen atoms in total. The van der Waals surface area contributed by atoms with Crippen LogP contribution < -0.4 is 10.2 Å². The summed E-state index contributed by atoms with van der Waals surface area (Å²) in [6.45, 7) is 0. The molecule has 1 saturated heterocycles. The van der Waals surface area contributed by atoms with E-state index in [0.29, 0.717) is 11.4 Å². The Morgan fingerprint density at radius 1 is 1.23 bits per heavy atom. The molecule has 1 aliphatic rings. The molecule has 0 aromatic heterocycles. The van der Waals surface area contributed by atoms with Crippen LogP contribution in [-0.2, 0) is 14.4 Å². The van der Waals surface area contributed by atoms with E-state index in [4.69, 9.17) is 11.6 Å². The number of nitrogens with one attached hydrogen (secondary N) is 1. The van der Waals surface area contributed by atoms with E-state index in [9.17, 15) is 18.8 Å². The number of hydrogen-bond donors (Lipinski definition) is 1. The van der Waals surface area contributed by atoms with Gasteiger partial charge in [-0.3, -0.25) is 14.4 Å². The van der Waals surface area contributed by atoms with E-state index in [1.54, 1.807) is 30.3 Å². The van der Waals surface area contributed by atoms with Crippen LogP contribution in [0.3, 0.4) is 0 Å². The second kappa shape index (κ2) is 7.88. The Hall–Kier alpha value is -2.38.